The lowest BCUT2D eigenvalue weighted by Gasteiger charge is -2.17. The third-order valence-corrected chi connectivity index (χ3v) is 3.41. The van der Waals surface area contributed by atoms with Crippen molar-refractivity contribution in [1.29, 1.82) is 0 Å². The van der Waals surface area contributed by atoms with E-state index < -0.39 is 30.6 Å². The number of aliphatic hydroxyl groups excluding tert-OH is 3. The number of fused-ring (bicyclic) bond motifs is 1. The van der Waals surface area contributed by atoms with Gasteiger partial charge in [-0.15, -0.1) is 0 Å². The predicted molar refractivity (Wildman–Crippen MR) is 67.3 cm³/mol. The second-order valence-corrected chi connectivity index (χ2v) is 4.80. The van der Waals surface area contributed by atoms with Gasteiger partial charge in [0.25, 0.3) is 0 Å². The molecule has 9 heteroatoms. The highest BCUT2D eigenvalue weighted by molar-refractivity contribution is 5.81. The van der Waals surface area contributed by atoms with E-state index in [0.717, 1.165) is 0 Å². The number of rotatable bonds is 2. The van der Waals surface area contributed by atoms with Crippen molar-refractivity contribution in [2.45, 2.75) is 37.6 Å². The molecule has 1 saturated heterocycles. The summed E-state index contributed by atoms with van der Waals surface area (Å²) in [5, 5.41) is 29.5. The van der Waals surface area contributed by atoms with Gasteiger partial charge in [0.1, 0.15) is 30.2 Å². The summed E-state index contributed by atoms with van der Waals surface area (Å²) in [6, 6.07) is 0. The molecule has 108 valence electrons. The monoisotopic (exact) mass is 281 g/mol. The van der Waals surface area contributed by atoms with Gasteiger partial charge in [0, 0.05) is 0 Å². The van der Waals surface area contributed by atoms with Gasteiger partial charge in [-0.1, -0.05) is 0 Å². The zero-order chi connectivity index (χ0) is 14.4. The number of imidazole rings is 1. The molecule has 2 aromatic rings. The van der Waals surface area contributed by atoms with Crippen LogP contribution in [0, 0.1) is 0 Å². The number of nitrogen functional groups attached to an aromatic ring is 1. The van der Waals surface area contributed by atoms with Crippen LogP contribution in [0.5, 0.6) is 0 Å². The van der Waals surface area contributed by atoms with E-state index in [-0.39, 0.29) is 5.82 Å². The lowest BCUT2D eigenvalue weighted by atomic mass is 10.1. The van der Waals surface area contributed by atoms with E-state index >= 15 is 0 Å². The summed E-state index contributed by atoms with van der Waals surface area (Å²) in [5.74, 6) is 0.217. The smallest absolute Gasteiger partial charge is 0.167 e. The van der Waals surface area contributed by atoms with Gasteiger partial charge in [-0.3, -0.25) is 4.57 Å². The van der Waals surface area contributed by atoms with Crippen molar-refractivity contribution in [3.8, 4) is 0 Å². The van der Waals surface area contributed by atoms with Crippen molar-refractivity contribution in [2.75, 3.05) is 5.73 Å². The maximum atomic E-state index is 10.1. The molecule has 2 aromatic heterocycles. The van der Waals surface area contributed by atoms with Crippen molar-refractivity contribution in [2.24, 2.45) is 0 Å². The topological polar surface area (TPSA) is 140 Å². The number of aliphatic hydroxyl groups is 3. The molecule has 1 aliphatic heterocycles. The van der Waals surface area contributed by atoms with Crippen molar-refractivity contribution < 1.29 is 20.1 Å². The Morgan fingerprint density at radius 1 is 1.30 bits per heavy atom. The lowest BCUT2D eigenvalue weighted by molar-refractivity contribution is -0.0777. The van der Waals surface area contributed by atoms with Gasteiger partial charge in [0.15, 0.2) is 17.7 Å². The Bertz CT molecular complexity index is 630. The molecule has 0 spiro atoms. The Morgan fingerprint density at radius 2 is 2.05 bits per heavy atom. The number of hydrogen-bond donors (Lipinski definition) is 4. The molecule has 3 rings (SSSR count). The molecule has 0 saturated carbocycles. The molecule has 20 heavy (non-hydrogen) atoms. The Hall–Kier alpha value is -1.81. The molecule has 9 nitrogen and oxygen atoms in total. The predicted octanol–water partition coefficient (Wildman–Crippen LogP) is -1.59. The molecule has 0 aromatic carbocycles. The highest BCUT2D eigenvalue weighted by Crippen LogP contribution is 2.33. The van der Waals surface area contributed by atoms with Gasteiger partial charge in [-0.25, -0.2) is 15.0 Å². The van der Waals surface area contributed by atoms with E-state index in [1.807, 2.05) is 0 Å². The van der Waals surface area contributed by atoms with E-state index in [2.05, 4.69) is 15.0 Å². The molecule has 1 fully saturated rings. The number of nitrogens with two attached hydrogens (primary N) is 1. The summed E-state index contributed by atoms with van der Waals surface area (Å²) in [4.78, 5) is 11.9. The first-order valence-electron chi connectivity index (χ1n) is 6.13. The van der Waals surface area contributed by atoms with Gasteiger partial charge >= 0.3 is 0 Å². The third-order valence-electron chi connectivity index (χ3n) is 3.41. The van der Waals surface area contributed by atoms with Crippen LogP contribution in [0.2, 0.25) is 0 Å². The Kier molecular flexibility index (Phi) is 3.05. The fourth-order valence-electron chi connectivity index (χ4n) is 2.37. The van der Waals surface area contributed by atoms with Gasteiger partial charge in [0.2, 0.25) is 0 Å². The summed E-state index contributed by atoms with van der Waals surface area (Å²) in [6.07, 6.45) is -2.42. The summed E-state index contributed by atoms with van der Waals surface area (Å²) < 4.78 is 6.97. The van der Waals surface area contributed by atoms with Crippen LogP contribution in [-0.2, 0) is 4.74 Å². The minimum atomic E-state index is -1.21. The highest BCUT2D eigenvalue weighted by atomic mass is 16.6. The molecule has 0 bridgehead atoms. The number of hydrogen-bond acceptors (Lipinski definition) is 8. The van der Waals surface area contributed by atoms with Gasteiger partial charge in [0.05, 0.1) is 12.4 Å². The van der Waals surface area contributed by atoms with E-state index in [0.29, 0.717) is 11.2 Å². The fraction of sp³-hybridized carbons (Fsp3) is 0.545. The second-order valence-electron chi connectivity index (χ2n) is 4.80. The van der Waals surface area contributed by atoms with Crippen molar-refractivity contribution in [3.63, 3.8) is 0 Å². The first kappa shape index (κ1) is 13.2. The average molecular weight is 281 g/mol. The lowest BCUT2D eigenvalue weighted by Crippen LogP contribution is -2.37. The van der Waals surface area contributed by atoms with Crippen LogP contribution >= 0.6 is 0 Å². The van der Waals surface area contributed by atoms with Crippen LogP contribution in [-0.4, -0.2) is 59.3 Å². The van der Waals surface area contributed by atoms with E-state index in [1.54, 1.807) is 0 Å². The van der Waals surface area contributed by atoms with Crippen LogP contribution in [0.4, 0.5) is 5.82 Å². The third kappa shape index (κ3) is 1.83. The minimum Gasteiger partial charge on any atom is -0.391 e. The van der Waals surface area contributed by atoms with E-state index in [4.69, 9.17) is 10.5 Å². The zero-order valence-corrected chi connectivity index (χ0v) is 10.7. The molecule has 0 aliphatic carbocycles. The molecule has 5 N–H and O–H groups in total. The van der Waals surface area contributed by atoms with E-state index in [9.17, 15) is 15.3 Å². The van der Waals surface area contributed by atoms with Crippen molar-refractivity contribution in [1.82, 2.24) is 19.5 Å². The maximum Gasteiger partial charge on any atom is 0.167 e. The highest BCUT2D eigenvalue weighted by Gasteiger charge is 2.46. The Morgan fingerprint density at radius 3 is 2.70 bits per heavy atom. The molecular formula is C11H15N5O4. The summed E-state index contributed by atoms with van der Waals surface area (Å²) in [6.45, 7) is 1.48. The molecule has 5 atom stereocenters. The first-order valence-corrected chi connectivity index (χ1v) is 6.13. The SMILES string of the molecule is CC(O)[C@H]1O[C@@H](n2cnc3c(N)ncnc32)[C@H](O)[C@@H]1O. The number of nitrogens with zero attached hydrogens (tertiary/aromatic N) is 4. The summed E-state index contributed by atoms with van der Waals surface area (Å²) >= 11 is 0. The number of aromatic nitrogens is 4. The zero-order valence-electron chi connectivity index (χ0n) is 10.7. The molecule has 3 heterocycles. The summed E-state index contributed by atoms with van der Waals surface area (Å²) in [5.41, 5.74) is 6.46. The van der Waals surface area contributed by atoms with Crippen LogP contribution in [0.25, 0.3) is 11.2 Å². The van der Waals surface area contributed by atoms with E-state index in [1.165, 1.54) is 24.1 Å². The average Bonchev–Trinajstić information content (AvgIpc) is 2.94. The van der Waals surface area contributed by atoms with Gasteiger partial charge < -0.3 is 25.8 Å². The summed E-state index contributed by atoms with van der Waals surface area (Å²) in [7, 11) is 0. The standard InChI is InChI=1S/C11H15N5O4/c1-4(17)8-6(18)7(19)11(20-8)16-3-15-5-9(12)13-2-14-10(5)16/h2-4,6-8,11,17-19H,1H3,(H2,12,13,14)/t4?,6-,7+,8+,11+/m0/s1. The first-order chi connectivity index (χ1) is 9.50. The van der Waals surface area contributed by atoms with Crippen LogP contribution in [0.15, 0.2) is 12.7 Å². The van der Waals surface area contributed by atoms with Crippen LogP contribution in [0.3, 0.4) is 0 Å². The number of ether oxygens (including phenoxy) is 1. The van der Waals surface area contributed by atoms with Crippen LogP contribution < -0.4 is 5.73 Å². The molecule has 1 unspecified atom stereocenters. The van der Waals surface area contributed by atoms with Gasteiger partial charge in [-0.05, 0) is 6.92 Å². The van der Waals surface area contributed by atoms with Gasteiger partial charge in [-0.2, -0.15) is 0 Å². The maximum absolute atomic E-state index is 10.1. The molecule has 1 aliphatic rings. The Balaban J connectivity index is 2.02. The normalized spacial score (nSPS) is 31.8. The fourth-order valence-corrected chi connectivity index (χ4v) is 2.37. The quantitative estimate of drug-likeness (QED) is 0.516. The molecular weight excluding hydrogens is 266 g/mol. The minimum absolute atomic E-state index is 0.217. The van der Waals surface area contributed by atoms with Crippen molar-refractivity contribution in [3.05, 3.63) is 12.7 Å². The largest absolute Gasteiger partial charge is 0.391 e. The van der Waals surface area contributed by atoms with Crippen LogP contribution in [0.1, 0.15) is 13.2 Å². The number of anilines is 1. The Labute approximate surface area is 113 Å². The van der Waals surface area contributed by atoms with Crippen molar-refractivity contribution >= 4 is 17.0 Å². The second kappa shape index (κ2) is 4.63. The molecule has 0 radical (unpaired) electrons. The molecule has 0 amide bonds.